The quantitative estimate of drug-likeness (QED) is 0.721. The molecule has 6 nitrogen and oxygen atoms in total. The molecule has 0 aliphatic heterocycles. The third-order valence-electron chi connectivity index (χ3n) is 2.68. The zero-order valence-corrected chi connectivity index (χ0v) is 11.4. The van der Waals surface area contributed by atoms with Crippen LogP contribution < -0.4 is 0 Å². The maximum atomic E-state index is 12.9. The second-order valence-corrected chi connectivity index (χ2v) is 5.21. The molecule has 0 unspecified atom stereocenters. The van der Waals surface area contributed by atoms with Gasteiger partial charge in [-0.2, -0.15) is 18.4 Å². The Morgan fingerprint density at radius 3 is 2.73 bits per heavy atom. The maximum Gasteiger partial charge on any atom is 0.417 e. The number of rotatable bonds is 2. The Hall–Kier alpha value is -2.67. The number of fused-ring (bicyclic) bond motifs is 1. The fourth-order valence-corrected chi connectivity index (χ4v) is 2.54. The van der Waals surface area contributed by atoms with Crippen LogP contribution in [0, 0.1) is 11.3 Å². The zero-order chi connectivity index (χ0) is 15.7. The van der Waals surface area contributed by atoms with Crippen LogP contribution in [0.5, 0.6) is 0 Å². The summed E-state index contributed by atoms with van der Waals surface area (Å²) in [4.78, 5) is 0.311. The maximum absolute atomic E-state index is 12.9. The minimum Gasteiger partial charge on any atom is -0.192 e. The number of nitriles is 1. The first-order valence-electron chi connectivity index (χ1n) is 5.82. The van der Waals surface area contributed by atoms with Gasteiger partial charge >= 0.3 is 6.18 Å². The summed E-state index contributed by atoms with van der Waals surface area (Å²) in [5.41, 5.74) is -0.954. The molecule has 3 aromatic rings. The number of nitrogens with zero attached hydrogens (tertiary/aromatic N) is 6. The van der Waals surface area contributed by atoms with Gasteiger partial charge in [0, 0.05) is 4.90 Å². The van der Waals surface area contributed by atoms with Crippen molar-refractivity contribution in [2.45, 2.75) is 16.1 Å². The van der Waals surface area contributed by atoms with Crippen LogP contribution >= 0.6 is 11.8 Å². The van der Waals surface area contributed by atoms with E-state index in [1.54, 1.807) is 12.1 Å². The minimum atomic E-state index is -4.59. The third kappa shape index (κ3) is 2.71. The Bertz CT molecular complexity index is 882. The Morgan fingerprint density at radius 1 is 1.18 bits per heavy atom. The molecule has 0 saturated heterocycles. The summed E-state index contributed by atoms with van der Waals surface area (Å²) in [6.07, 6.45) is -4.59. The van der Waals surface area contributed by atoms with Gasteiger partial charge in [-0.25, -0.2) is 0 Å². The molecular formula is C12H5F3N6S. The molecule has 10 heteroatoms. The van der Waals surface area contributed by atoms with E-state index in [2.05, 4.69) is 20.6 Å². The standard InChI is InChI=1S/C12H5F3N6S/c13-12(14,15)9-5-8(2-1-7(9)6-16)22-11-4-3-10-17-19-20-21(10)18-11/h1-5H. The first-order valence-corrected chi connectivity index (χ1v) is 6.63. The van der Waals surface area contributed by atoms with Crippen molar-refractivity contribution < 1.29 is 13.2 Å². The van der Waals surface area contributed by atoms with Gasteiger partial charge in [0.25, 0.3) is 0 Å². The first-order chi connectivity index (χ1) is 10.5. The summed E-state index contributed by atoms with van der Waals surface area (Å²) < 4.78 is 39.9. The average molecular weight is 322 g/mol. The lowest BCUT2D eigenvalue weighted by atomic mass is 10.1. The molecule has 3 rings (SSSR count). The summed E-state index contributed by atoms with van der Waals surface area (Å²) in [6.45, 7) is 0. The van der Waals surface area contributed by atoms with Gasteiger partial charge in [0.2, 0.25) is 0 Å². The molecule has 0 radical (unpaired) electrons. The van der Waals surface area contributed by atoms with Gasteiger partial charge in [-0.05, 0) is 40.8 Å². The van der Waals surface area contributed by atoms with Crippen molar-refractivity contribution in [3.63, 3.8) is 0 Å². The largest absolute Gasteiger partial charge is 0.417 e. The molecule has 0 atom stereocenters. The fourth-order valence-electron chi connectivity index (χ4n) is 1.73. The van der Waals surface area contributed by atoms with Crippen molar-refractivity contribution in [2.75, 3.05) is 0 Å². The highest BCUT2D eigenvalue weighted by Gasteiger charge is 2.33. The molecule has 1 aromatic carbocycles. The summed E-state index contributed by atoms with van der Waals surface area (Å²) in [5.74, 6) is 0. The van der Waals surface area contributed by atoms with E-state index in [1.807, 2.05) is 0 Å². The topological polar surface area (TPSA) is 79.8 Å². The number of tetrazole rings is 1. The summed E-state index contributed by atoms with van der Waals surface area (Å²) in [6, 6.07) is 8.24. The number of halogens is 3. The Balaban J connectivity index is 1.96. The van der Waals surface area contributed by atoms with E-state index >= 15 is 0 Å². The summed E-state index contributed by atoms with van der Waals surface area (Å²) in [5, 5.41) is 24.0. The number of hydrogen-bond donors (Lipinski definition) is 0. The lowest BCUT2D eigenvalue weighted by Crippen LogP contribution is -2.07. The molecule has 0 N–H and O–H groups in total. The molecule has 0 spiro atoms. The molecular weight excluding hydrogens is 317 g/mol. The van der Waals surface area contributed by atoms with Crippen LogP contribution in [0.25, 0.3) is 5.65 Å². The molecule has 0 bridgehead atoms. The second kappa shape index (κ2) is 5.27. The Morgan fingerprint density at radius 2 is 2.00 bits per heavy atom. The van der Waals surface area contributed by atoms with Gasteiger partial charge in [0.1, 0.15) is 5.03 Å². The molecule has 2 aromatic heterocycles. The fraction of sp³-hybridized carbons (Fsp3) is 0.0833. The highest BCUT2D eigenvalue weighted by molar-refractivity contribution is 7.99. The van der Waals surface area contributed by atoms with Gasteiger partial charge in [0.15, 0.2) is 5.65 Å². The predicted octanol–water partition coefficient (Wildman–Crippen LogP) is 2.56. The molecule has 0 saturated carbocycles. The van der Waals surface area contributed by atoms with E-state index < -0.39 is 17.3 Å². The van der Waals surface area contributed by atoms with E-state index in [0.29, 0.717) is 15.6 Å². The number of hydrogen-bond acceptors (Lipinski definition) is 6. The van der Waals surface area contributed by atoms with E-state index in [9.17, 15) is 13.2 Å². The van der Waals surface area contributed by atoms with Gasteiger partial charge in [-0.3, -0.25) is 0 Å². The van der Waals surface area contributed by atoms with Crippen molar-refractivity contribution in [3.05, 3.63) is 41.5 Å². The van der Waals surface area contributed by atoms with Crippen molar-refractivity contribution >= 4 is 17.4 Å². The molecule has 110 valence electrons. The summed E-state index contributed by atoms with van der Waals surface area (Å²) in [7, 11) is 0. The number of aromatic nitrogens is 5. The molecule has 0 aliphatic carbocycles. The SMILES string of the molecule is N#Cc1ccc(Sc2ccc3nnnn3n2)cc1C(F)(F)F. The summed E-state index contributed by atoms with van der Waals surface area (Å²) >= 11 is 1.02. The van der Waals surface area contributed by atoms with Crippen LogP contribution in [0.4, 0.5) is 13.2 Å². The van der Waals surface area contributed by atoms with Gasteiger partial charge < -0.3 is 0 Å². The molecule has 0 amide bonds. The zero-order valence-electron chi connectivity index (χ0n) is 10.6. The van der Waals surface area contributed by atoms with Crippen LogP contribution in [0.3, 0.4) is 0 Å². The van der Waals surface area contributed by atoms with Crippen LogP contribution in [-0.4, -0.2) is 25.3 Å². The van der Waals surface area contributed by atoms with E-state index in [-0.39, 0.29) is 0 Å². The molecule has 2 heterocycles. The van der Waals surface area contributed by atoms with Gasteiger partial charge in [-0.15, -0.1) is 14.8 Å². The second-order valence-electron chi connectivity index (χ2n) is 4.12. The smallest absolute Gasteiger partial charge is 0.192 e. The van der Waals surface area contributed by atoms with Crippen molar-refractivity contribution in [1.82, 2.24) is 25.3 Å². The Kier molecular flexibility index (Phi) is 3.42. The van der Waals surface area contributed by atoms with Gasteiger partial charge in [0.05, 0.1) is 17.2 Å². The number of benzene rings is 1. The van der Waals surface area contributed by atoms with Gasteiger partial charge in [-0.1, -0.05) is 11.8 Å². The highest BCUT2D eigenvalue weighted by Crippen LogP contribution is 2.36. The predicted molar refractivity (Wildman–Crippen MR) is 68.9 cm³/mol. The van der Waals surface area contributed by atoms with Crippen molar-refractivity contribution in [3.8, 4) is 6.07 Å². The normalized spacial score (nSPS) is 11.5. The van der Waals surface area contributed by atoms with Crippen molar-refractivity contribution in [2.24, 2.45) is 0 Å². The first kappa shape index (κ1) is 14.3. The average Bonchev–Trinajstić information content (AvgIpc) is 2.94. The molecule has 0 fully saturated rings. The number of alkyl halides is 3. The molecule has 22 heavy (non-hydrogen) atoms. The lowest BCUT2D eigenvalue weighted by molar-refractivity contribution is -0.137. The van der Waals surface area contributed by atoms with E-state index in [0.717, 1.165) is 23.9 Å². The van der Waals surface area contributed by atoms with Crippen LogP contribution in [0.2, 0.25) is 0 Å². The highest BCUT2D eigenvalue weighted by atomic mass is 32.2. The van der Waals surface area contributed by atoms with Crippen LogP contribution in [0.1, 0.15) is 11.1 Å². The monoisotopic (exact) mass is 322 g/mol. The van der Waals surface area contributed by atoms with E-state index in [4.69, 9.17) is 5.26 Å². The van der Waals surface area contributed by atoms with E-state index in [1.165, 1.54) is 16.8 Å². The molecule has 0 aliphatic rings. The van der Waals surface area contributed by atoms with Crippen molar-refractivity contribution in [1.29, 1.82) is 5.26 Å². The third-order valence-corrected chi connectivity index (χ3v) is 3.60. The lowest BCUT2D eigenvalue weighted by Gasteiger charge is -2.10. The minimum absolute atomic E-state index is 0.311. The van der Waals surface area contributed by atoms with Crippen LogP contribution in [0.15, 0.2) is 40.3 Å². The van der Waals surface area contributed by atoms with Crippen LogP contribution in [-0.2, 0) is 6.18 Å². The Labute approximate surface area is 125 Å².